The van der Waals surface area contributed by atoms with Gasteiger partial charge in [-0.1, -0.05) is 12.1 Å². The van der Waals surface area contributed by atoms with Gasteiger partial charge in [0.1, 0.15) is 11.8 Å². The summed E-state index contributed by atoms with van der Waals surface area (Å²) in [6.07, 6.45) is 0.966. The number of carbonyl (C=O) groups excluding carboxylic acids is 2. The Kier molecular flexibility index (Phi) is 4.12. The predicted molar refractivity (Wildman–Crippen MR) is 105 cm³/mol. The lowest BCUT2D eigenvalue weighted by atomic mass is 9.90. The smallest absolute Gasteiger partial charge is 0.253 e. The van der Waals surface area contributed by atoms with Gasteiger partial charge in [0.15, 0.2) is 0 Å². The number of ether oxygens (including phenoxy) is 1. The van der Waals surface area contributed by atoms with Crippen LogP contribution in [0, 0.1) is 17.2 Å². The molecule has 2 amide bonds. The van der Waals surface area contributed by atoms with Gasteiger partial charge in [0.25, 0.3) is 5.91 Å². The van der Waals surface area contributed by atoms with Crippen molar-refractivity contribution >= 4 is 17.5 Å². The van der Waals surface area contributed by atoms with Gasteiger partial charge in [-0.2, -0.15) is 5.26 Å². The molecule has 3 atom stereocenters. The molecule has 0 saturated carbocycles. The molecule has 7 heteroatoms. The van der Waals surface area contributed by atoms with Crippen LogP contribution in [0.4, 0.5) is 5.69 Å². The molecule has 3 fully saturated rings. The first-order valence-corrected chi connectivity index (χ1v) is 9.69. The van der Waals surface area contributed by atoms with Crippen LogP contribution < -0.4 is 9.64 Å². The summed E-state index contributed by atoms with van der Waals surface area (Å²) in [5.41, 5.74) is 2.02. The van der Waals surface area contributed by atoms with Crippen molar-refractivity contribution in [3.63, 3.8) is 0 Å². The van der Waals surface area contributed by atoms with Gasteiger partial charge < -0.3 is 4.74 Å². The van der Waals surface area contributed by atoms with E-state index in [2.05, 4.69) is 16.1 Å². The minimum atomic E-state index is -0.479. The maximum Gasteiger partial charge on any atom is 0.253 e. The van der Waals surface area contributed by atoms with Crippen LogP contribution in [-0.2, 0) is 9.59 Å². The second-order valence-electron chi connectivity index (χ2n) is 7.54. The van der Waals surface area contributed by atoms with Gasteiger partial charge in [0.05, 0.1) is 36.4 Å². The largest absolute Gasteiger partial charge is 0.497 e. The Morgan fingerprint density at radius 1 is 0.931 bits per heavy atom. The summed E-state index contributed by atoms with van der Waals surface area (Å²) in [5, 5.41) is 13.3. The zero-order chi connectivity index (χ0) is 20.1. The third-order valence-electron chi connectivity index (χ3n) is 6.12. The SMILES string of the molecule is COc1ccc([C@@H]2[C@H]3C(=O)N(c4ccc(C#N)cc4)C(=O)[C@H]3N3CCCN23)cc1. The Balaban J connectivity index is 1.54. The highest BCUT2D eigenvalue weighted by Crippen LogP contribution is 2.49. The molecule has 146 valence electrons. The number of nitriles is 1. The van der Waals surface area contributed by atoms with Crippen LogP contribution >= 0.6 is 0 Å². The molecule has 0 radical (unpaired) electrons. The van der Waals surface area contributed by atoms with Crippen LogP contribution in [0.15, 0.2) is 48.5 Å². The van der Waals surface area contributed by atoms with Crippen molar-refractivity contribution < 1.29 is 14.3 Å². The highest BCUT2D eigenvalue weighted by Gasteiger charge is 2.62. The molecular weight excluding hydrogens is 368 g/mol. The number of anilines is 1. The summed E-state index contributed by atoms with van der Waals surface area (Å²) in [7, 11) is 1.62. The predicted octanol–water partition coefficient (Wildman–Crippen LogP) is 2.10. The molecular formula is C22H20N4O3. The number of rotatable bonds is 3. The summed E-state index contributed by atoms with van der Waals surface area (Å²) in [6, 6.07) is 15.7. The summed E-state index contributed by atoms with van der Waals surface area (Å²) < 4.78 is 5.26. The van der Waals surface area contributed by atoms with E-state index in [0.717, 1.165) is 30.8 Å². The first-order valence-electron chi connectivity index (χ1n) is 9.69. The van der Waals surface area contributed by atoms with Crippen molar-refractivity contribution in [2.45, 2.75) is 18.5 Å². The Morgan fingerprint density at radius 3 is 2.21 bits per heavy atom. The summed E-state index contributed by atoms with van der Waals surface area (Å²) in [4.78, 5) is 28.1. The third-order valence-corrected chi connectivity index (χ3v) is 6.12. The lowest BCUT2D eigenvalue weighted by Crippen LogP contribution is -2.44. The Morgan fingerprint density at radius 2 is 1.59 bits per heavy atom. The minimum Gasteiger partial charge on any atom is -0.497 e. The molecule has 3 heterocycles. The summed E-state index contributed by atoms with van der Waals surface area (Å²) >= 11 is 0. The lowest BCUT2D eigenvalue weighted by molar-refractivity contribution is -0.126. The van der Waals surface area contributed by atoms with Crippen LogP contribution in [-0.4, -0.2) is 48.1 Å². The van der Waals surface area contributed by atoms with Crippen molar-refractivity contribution in [3.8, 4) is 11.8 Å². The van der Waals surface area contributed by atoms with Gasteiger partial charge in [-0.05, 0) is 48.4 Å². The van der Waals surface area contributed by atoms with Crippen molar-refractivity contribution in [2.24, 2.45) is 5.92 Å². The van der Waals surface area contributed by atoms with Crippen LogP contribution in [0.1, 0.15) is 23.6 Å². The fourth-order valence-electron chi connectivity index (χ4n) is 4.85. The van der Waals surface area contributed by atoms with Gasteiger partial charge in [-0.3, -0.25) is 9.59 Å². The van der Waals surface area contributed by atoms with Crippen LogP contribution in [0.5, 0.6) is 5.75 Å². The molecule has 0 aromatic heterocycles. The number of nitrogens with zero attached hydrogens (tertiary/aromatic N) is 4. The van der Waals surface area contributed by atoms with Crippen LogP contribution in [0.3, 0.4) is 0 Å². The molecule has 0 unspecified atom stereocenters. The number of carbonyl (C=O) groups is 2. The monoisotopic (exact) mass is 388 g/mol. The quantitative estimate of drug-likeness (QED) is 0.750. The molecule has 0 aliphatic carbocycles. The van der Waals surface area contributed by atoms with E-state index in [9.17, 15) is 9.59 Å². The maximum absolute atomic E-state index is 13.5. The number of fused-ring (bicyclic) bond motifs is 3. The summed E-state index contributed by atoms with van der Waals surface area (Å²) in [5.74, 6) is -0.0611. The first kappa shape index (κ1) is 17.9. The average molecular weight is 388 g/mol. The van der Waals surface area contributed by atoms with E-state index in [1.807, 2.05) is 24.3 Å². The normalized spacial score (nSPS) is 26.5. The molecule has 3 saturated heterocycles. The minimum absolute atomic E-state index is 0.173. The van der Waals surface area contributed by atoms with E-state index in [1.165, 1.54) is 4.90 Å². The van der Waals surface area contributed by atoms with Crippen molar-refractivity contribution in [1.29, 1.82) is 5.26 Å². The van der Waals surface area contributed by atoms with E-state index < -0.39 is 12.0 Å². The van der Waals surface area contributed by atoms with Gasteiger partial charge in [-0.25, -0.2) is 14.9 Å². The van der Waals surface area contributed by atoms with Crippen LogP contribution in [0.25, 0.3) is 0 Å². The molecule has 3 aliphatic rings. The lowest BCUT2D eigenvalue weighted by Gasteiger charge is -2.29. The van der Waals surface area contributed by atoms with E-state index in [4.69, 9.17) is 10.00 Å². The highest BCUT2D eigenvalue weighted by molar-refractivity contribution is 6.24. The van der Waals surface area contributed by atoms with E-state index in [-0.39, 0.29) is 17.9 Å². The molecule has 0 bridgehead atoms. The highest BCUT2D eigenvalue weighted by atomic mass is 16.5. The van der Waals surface area contributed by atoms with Gasteiger partial charge in [-0.15, -0.1) is 0 Å². The zero-order valence-corrected chi connectivity index (χ0v) is 16.0. The van der Waals surface area contributed by atoms with Gasteiger partial charge in [0, 0.05) is 13.1 Å². The molecule has 3 aliphatic heterocycles. The number of hydrogen-bond donors (Lipinski definition) is 0. The number of hydrazine groups is 1. The van der Waals surface area contributed by atoms with E-state index in [0.29, 0.717) is 11.3 Å². The molecule has 5 rings (SSSR count). The molecule has 0 N–H and O–H groups in total. The molecule has 2 aromatic carbocycles. The fraction of sp³-hybridized carbons (Fsp3) is 0.318. The van der Waals surface area contributed by atoms with Crippen LogP contribution in [0.2, 0.25) is 0 Å². The topological polar surface area (TPSA) is 76.9 Å². The maximum atomic E-state index is 13.5. The standard InChI is InChI=1S/C22H20N4O3/c1-29-17-9-5-15(6-10-17)19-18-20(25-12-2-11-24(19)25)22(28)26(21(18)27)16-7-3-14(13-23)4-8-16/h3-10,18-20H,2,11-12H2,1H3/t18-,19-,20+/m1/s1. The van der Waals surface area contributed by atoms with Crippen molar-refractivity contribution in [2.75, 3.05) is 25.1 Å². The van der Waals surface area contributed by atoms with Gasteiger partial charge in [0.2, 0.25) is 5.91 Å². The zero-order valence-electron chi connectivity index (χ0n) is 16.0. The molecule has 29 heavy (non-hydrogen) atoms. The molecule has 0 spiro atoms. The molecule has 2 aromatic rings. The van der Waals surface area contributed by atoms with Crippen molar-refractivity contribution in [1.82, 2.24) is 10.0 Å². The number of imide groups is 1. The number of benzene rings is 2. The summed E-state index contributed by atoms with van der Waals surface area (Å²) in [6.45, 7) is 1.61. The Labute approximate surface area is 168 Å². The average Bonchev–Trinajstić information content (AvgIpc) is 3.40. The number of hydrogen-bond acceptors (Lipinski definition) is 6. The first-order chi connectivity index (χ1) is 14.1. The van der Waals surface area contributed by atoms with Gasteiger partial charge >= 0.3 is 0 Å². The van der Waals surface area contributed by atoms with E-state index in [1.54, 1.807) is 31.4 Å². The third kappa shape index (κ3) is 2.57. The number of amides is 2. The fourth-order valence-corrected chi connectivity index (χ4v) is 4.85. The Hall–Kier alpha value is -3.21. The Bertz CT molecular complexity index is 1010. The second-order valence-corrected chi connectivity index (χ2v) is 7.54. The second kappa shape index (κ2) is 6.69. The number of methoxy groups -OCH3 is 1. The van der Waals surface area contributed by atoms with E-state index >= 15 is 0 Å². The van der Waals surface area contributed by atoms with Crippen molar-refractivity contribution in [3.05, 3.63) is 59.7 Å². The molecule has 7 nitrogen and oxygen atoms in total.